The standard InChI is InChI=1S/C27H33N9O4/c1-5-22(37)35-9-7-8-19(15-35)36-14-18(12-31-36)32-27-30-13-20(24(28)38)25(34-27)33-23-16(3)10-17(11-21(23)40-4)26(39)29-6-2/h5,10-14,19H,1,6-9,15H2,2-4H3,(H2,28,38)(H,29,39)(H2,30,32,33,34)/t19-/m0/s1. The number of likely N-dealkylation sites (tertiary alicyclic amines) is 1. The van der Waals surface area contributed by atoms with Crippen LogP contribution in [0.2, 0.25) is 0 Å². The van der Waals surface area contributed by atoms with E-state index in [0.717, 1.165) is 12.8 Å². The number of methoxy groups -OCH3 is 1. The lowest BCUT2D eigenvalue weighted by Crippen LogP contribution is -2.39. The van der Waals surface area contributed by atoms with Crippen molar-refractivity contribution < 1.29 is 19.1 Å². The smallest absolute Gasteiger partial charge is 0.254 e. The number of anilines is 4. The van der Waals surface area contributed by atoms with Crippen LogP contribution in [0.3, 0.4) is 0 Å². The number of primary amides is 1. The number of rotatable bonds is 10. The molecule has 40 heavy (non-hydrogen) atoms. The van der Waals surface area contributed by atoms with Gasteiger partial charge < -0.3 is 31.3 Å². The normalized spacial score (nSPS) is 14.8. The highest BCUT2D eigenvalue weighted by Gasteiger charge is 2.24. The molecule has 0 spiro atoms. The van der Waals surface area contributed by atoms with E-state index in [4.69, 9.17) is 10.5 Å². The van der Waals surface area contributed by atoms with Gasteiger partial charge in [0.25, 0.3) is 11.8 Å². The fourth-order valence-electron chi connectivity index (χ4n) is 4.54. The van der Waals surface area contributed by atoms with Gasteiger partial charge in [-0.25, -0.2) is 4.98 Å². The lowest BCUT2D eigenvalue weighted by atomic mass is 10.1. The molecular formula is C27H33N9O4. The Hall–Kier alpha value is -4.94. The molecule has 1 atom stereocenters. The molecule has 0 radical (unpaired) electrons. The molecule has 13 heteroatoms. The van der Waals surface area contributed by atoms with Crippen LogP contribution in [0, 0.1) is 6.92 Å². The average Bonchev–Trinajstić information content (AvgIpc) is 3.42. The quantitative estimate of drug-likeness (QED) is 0.279. The van der Waals surface area contributed by atoms with Crippen LogP contribution >= 0.6 is 0 Å². The van der Waals surface area contributed by atoms with Crippen molar-refractivity contribution in [3.63, 3.8) is 0 Å². The molecule has 1 saturated heterocycles. The molecule has 3 amide bonds. The van der Waals surface area contributed by atoms with Gasteiger partial charge in [0.2, 0.25) is 11.9 Å². The van der Waals surface area contributed by atoms with E-state index < -0.39 is 5.91 Å². The van der Waals surface area contributed by atoms with E-state index >= 15 is 0 Å². The number of aryl methyl sites for hydroxylation is 1. The van der Waals surface area contributed by atoms with E-state index in [2.05, 4.69) is 37.6 Å². The largest absolute Gasteiger partial charge is 0.495 e. The van der Waals surface area contributed by atoms with Crippen LogP contribution in [-0.4, -0.2) is 69.1 Å². The highest BCUT2D eigenvalue weighted by atomic mass is 16.5. The summed E-state index contributed by atoms with van der Waals surface area (Å²) in [7, 11) is 1.49. The minimum atomic E-state index is -0.714. The first-order valence-corrected chi connectivity index (χ1v) is 12.9. The molecule has 1 aromatic carbocycles. The SMILES string of the molecule is C=CC(=O)N1CCC[C@H](n2cc(Nc3ncc(C(N)=O)c(Nc4c(C)cc(C(=O)NCC)cc4OC)n3)cn2)C1. The van der Waals surface area contributed by atoms with Gasteiger partial charge in [-0.15, -0.1) is 0 Å². The summed E-state index contributed by atoms with van der Waals surface area (Å²) in [5.41, 5.74) is 7.95. The van der Waals surface area contributed by atoms with Gasteiger partial charge >= 0.3 is 0 Å². The van der Waals surface area contributed by atoms with E-state index in [-0.39, 0.29) is 35.2 Å². The molecule has 13 nitrogen and oxygen atoms in total. The Morgan fingerprint density at radius 3 is 2.75 bits per heavy atom. The van der Waals surface area contributed by atoms with Gasteiger partial charge in [-0.1, -0.05) is 6.58 Å². The summed E-state index contributed by atoms with van der Waals surface area (Å²) >= 11 is 0. The van der Waals surface area contributed by atoms with Gasteiger partial charge in [-0.3, -0.25) is 19.1 Å². The number of hydrogen-bond donors (Lipinski definition) is 4. The van der Waals surface area contributed by atoms with Gasteiger partial charge in [0.1, 0.15) is 17.1 Å². The van der Waals surface area contributed by atoms with Crippen molar-refractivity contribution in [2.24, 2.45) is 5.73 Å². The summed E-state index contributed by atoms with van der Waals surface area (Å²) < 4.78 is 7.34. The number of nitrogens with zero attached hydrogens (tertiary/aromatic N) is 5. The number of ether oxygens (including phenoxy) is 1. The van der Waals surface area contributed by atoms with E-state index in [0.29, 0.717) is 47.9 Å². The Labute approximate surface area is 231 Å². The lowest BCUT2D eigenvalue weighted by Gasteiger charge is -2.32. The Morgan fingerprint density at radius 1 is 1.25 bits per heavy atom. The van der Waals surface area contributed by atoms with Crippen molar-refractivity contribution in [2.45, 2.75) is 32.7 Å². The summed E-state index contributed by atoms with van der Waals surface area (Å²) in [5.74, 6) is -0.277. The second kappa shape index (κ2) is 12.3. The second-order valence-electron chi connectivity index (χ2n) is 9.29. The summed E-state index contributed by atoms with van der Waals surface area (Å²) in [6.07, 6.45) is 7.87. The number of hydrogen-bond acceptors (Lipinski definition) is 9. The number of nitrogens with two attached hydrogens (primary N) is 1. The van der Waals surface area contributed by atoms with Gasteiger partial charge in [0.05, 0.1) is 30.7 Å². The number of carbonyl (C=O) groups excluding carboxylic acids is 3. The zero-order valence-corrected chi connectivity index (χ0v) is 22.7. The molecular weight excluding hydrogens is 514 g/mol. The second-order valence-corrected chi connectivity index (χ2v) is 9.29. The molecule has 0 unspecified atom stereocenters. The van der Waals surface area contributed by atoms with Gasteiger partial charge in [0, 0.05) is 37.6 Å². The zero-order valence-electron chi connectivity index (χ0n) is 22.7. The molecule has 2 aromatic heterocycles. The van der Waals surface area contributed by atoms with E-state index in [9.17, 15) is 14.4 Å². The van der Waals surface area contributed by atoms with Crippen LogP contribution in [-0.2, 0) is 4.79 Å². The van der Waals surface area contributed by atoms with Crippen LogP contribution in [0.4, 0.5) is 23.1 Å². The highest BCUT2D eigenvalue weighted by Crippen LogP contribution is 2.33. The van der Waals surface area contributed by atoms with Gasteiger partial charge in [-0.2, -0.15) is 10.1 Å². The number of aromatic nitrogens is 4. The van der Waals surface area contributed by atoms with E-state index in [1.165, 1.54) is 19.4 Å². The third kappa shape index (κ3) is 6.20. The number of amides is 3. The first-order valence-electron chi connectivity index (χ1n) is 12.9. The van der Waals surface area contributed by atoms with Gasteiger partial charge in [-0.05, 0) is 50.5 Å². The van der Waals surface area contributed by atoms with Crippen molar-refractivity contribution >= 4 is 40.9 Å². The maximum atomic E-state index is 12.4. The molecule has 3 heterocycles. The Bertz CT molecular complexity index is 1440. The van der Waals surface area contributed by atoms with Crippen LogP contribution in [0.25, 0.3) is 0 Å². The fourth-order valence-corrected chi connectivity index (χ4v) is 4.54. The van der Waals surface area contributed by atoms with Crippen molar-refractivity contribution in [3.05, 3.63) is 60.1 Å². The highest BCUT2D eigenvalue weighted by molar-refractivity contribution is 5.99. The first kappa shape index (κ1) is 28.1. The summed E-state index contributed by atoms with van der Waals surface area (Å²) in [6.45, 7) is 8.95. The summed E-state index contributed by atoms with van der Waals surface area (Å²) in [4.78, 5) is 47.1. The molecule has 0 saturated carbocycles. The number of nitrogens with one attached hydrogen (secondary N) is 3. The van der Waals surface area contributed by atoms with E-state index in [1.807, 2.05) is 17.8 Å². The Morgan fingerprint density at radius 2 is 2.05 bits per heavy atom. The third-order valence-corrected chi connectivity index (χ3v) is 6.53. The molecule has 0 bridgehead atoms. The number of benzene rings is 1. The Kier molecular flexibility index (Phi) is 8.62. The topological polar surface area (TPSA) is 169 Å². The molecule has 0 aliphatic carbocycles. The van der Waals surface area contributed by atoms with Gasteiger partial charge in [0.15, 0.2) is 0 Å². The predicted octanol–water partition coefficient (Wildman–Crippen LogP) is 2.68. The van der Waals surface area contributed by atoms with Crippen LogP contribution in [0.15, 0.2) is 43.4 Å². The van der Waals surface area contributed by atoms with Crippen LogP contribution in [0.5, 0.6) is 5.75 Å². The van der Waals surface area contributed by atoms with Crippen molar-refractivity contribution in [2.75, 3.05) is 37.4 Å². The van der Waals surface area contributed by atoms with Crippen LogP contribution in [0.1, 0.15) is 52.1 Å². The van der Waals surface area contributed by atoms with Crippen molar-refractivity contribution in [3.8, 4) is 5.75 Å². The zero-order chi connectivity index (χ0) is 28.8. The first-order chi connectivity index (χ1) is 19.2. The predicted molar refractivity (Wildman–Crippen MR) is 150 cm³/mol. The monoisotopic (exact) mass is 547 g/mol. The minimum Gasteiger partial charge on any atom is -0.495 e. The maximum Gasteiger partial charge on any atom is 0.254 e. The third-order valence-electron chi connectivity index (χ3n) is 6.53. The Balaban J connectivity index is 1.57. The maximum absolute atomic E-state index is 12.4. The molecule has 1 aliphatic rings. The summed E-state index contributed by atoms with van der Waals surface area (Å²) in [6, 6.07) is 3.35. The summed E-state index contributed by atoms with van der Waals surface area (Å²) in [5, 5.41) is 13.5. The van der Waals surface area contributed by atoms with Crippen molar-refractivity contribution in [1.29, 1.82) is 0 Å². The average molecular weight is 548 g/mol. The molecule has 4 rings (SSSR count). The molecule has 1 aliphatic heterocycles. The number of carbonyl (C=O) groups is 3. The van der Waals surface area contributed by atoms with E-state index in [1.54, 1.807) is 30.2 Å². The molecule has 3 aromatic rings. The molecule has 5 N–H and O–H groups in total. The molecule has 210 valence electrons. The minimum absolute atomic E-state index is 0.0291. The molecule has 1 fully saturated rings. The fraction of sp³-hybridized carbons (Fsp3) is 0.333. The van der Waals surface area contributed by atoms with Crippen LogP contribution < -0.4 is 26.4 Å². The number of piperidine rings is 1. The lowest BCUT2D eigenvalue weighted by molar-refractivity contribution is -0.127. The van der Waals surface area contributed by atoms with Crippen molar-refractivity contribution in [1.82, 2.24) is 30.0 Å².